The van der Waals surface area contributed by atoms with E-state index >= 15 is 0 Å². The molecule has 0 aromatic carbocycles. The largest absolute Gasteiger partial charge is 0.390 e. The first-order valence-corrected chi connectivity index (χ1v) is 3.03. The highest BCUT2D eigenvalue weighted by Crippen LogP contribution is 2.30. The van der Waals surface area contributed by atoms with Crippen molar-refractivity contribution >= 4 is 0 Å². The number of ether oxygens (including phenoxy) is 1. The second-order valence-electron chi connectivity index (χ2n) is 2.39. The van der Waals surface area contributed by atoms with Gasteiger partial charge in [-0.05, 0) is 0 Å². The van der Waals surface area contributed by atoms with Gasteiger partial charge in [0.15, 0.2) is 6.29 Å². The number of hydrogen-bond donors (Lipinski definition) is 4. The minimum atomic E-state index is -2.75. The van der Waals surface area contributed by atoms with Gasteiger partial charge in [-0.25, -0.2) is 4.39 Å². The van der Waals surface area contributed by atoms with Crippen LogP contribution < -0.4 is 0 Å². The van der Waals surface area contributed by atoms with E-state index in [-0.39, 0.29) is 0 Å². The van der Waals surface area contributed by atoms with Crippen molar-refractivity contribution in [3.05, 3.63) is 0 Å². The van der Waals surface area contributed by atoms with Gasteiger partial charge in [0.1, 0.15) is 18.8 Å². The Bertz CT molecular complexity index is 154. The van der Waals surface area contributed by atoms with Crippen molar-refractivity contribution in [2.75, 3.05) is 6.61 Å². The van der Waals surface area contributed by atoms with Crippen molar-refractivity contribution in [2.45, 2.75) is 24.4 Å². The van der Waals surface area contributed by atoms with Gasteiger partial charge in [-0.3, -0.25) is 0 Å². The Kier molecular flexibility index (Phi) is 2.13. The van der Waals surface area contributed by atoms with Crippen molar-refractivity contribution in [3.8, 4) is 0 Å². The predicted molar refractivity (Wildman–Crippen MR) is 30.0 cm³/mol. The molecule has 0 radical (unpaired) electrons. The fourth-order valence-corrected chi connectivity index (χ4v) is 0.882. The molecule has 1 aliphatic rings. The van der Waals surface area contributed by atoms with E-state index in [2.05, 4.69) is 4.74 Å². The Morgan fingerprint density at radius 2 is 1.91 bits per heavy atom. The number of alkyl halides is 1. The van der Waals surface area contributed by atoms with E-state index in [9.17, 15) is 4.39 Å². The van der Waals surface area contributed by atoms with Crippen LogP contribution in [0.1, 0.15) is 0 Å². The molecule has 4 N–H and O–H groups in total. The van der Waals surface area contributed by atoms with E-state index in [1.54, 1.807) is 0 Å². The first-order chi connectivity index (χ1) is 5.01. The molecule has 1 rings (SSSR count). The topological polar surface area (TPSA) is 90.2 Å². The fourth-order valence-electron chi connectivity index (χ4n) is 0.882. The highest BCUT2D eigenvalue weighted by molar-refractivity contribution is 4.91. The van der Waals surface area contributed by atoms with Crippen LogP contribution in [0.15, 0.2) is 0 Å². The van der Waals surface area contributed by atoms with Gasteiger partial charge in [0.05, 0.1) is 0 Å². The minimum absolute atomic E-state index is 1.11. The summed E-state index contributed by atoms with van der Waals surface area (Å²) in [6.07, 6.45) is -5.42. The Balaban J connectivity index is 2.73. The van der Waals surface area contributed by atoms with Gasteiger partial charge < -0.3 is 25.2 Å². The molecule has 0 amide bonds. The Morgan fingerprint density at radius 1 is 1.36 bits per heavy atom. The monoisotopic (exact) mass is 168 g/mol. The van der Waals surface area contributed by atoms with Gasteiger partial charge in [0.2, 0.25) is 0 Å². The van der Waals surface area contributed by atoms with E-state index in [1.807, 2.05) is 0 Å². The molecule has 1 saturated heterocycles. The second-order valence-corrected chi connectivity index (χ2v) is 2.39. The molecule has 0 spiro atoms. The molecular weight excluding hydrogens is 159 g/mol. The number of aliphatic hydroxyl groups excluding tert-OH is 4. The Labute approximate surface area is 61.6 Å². The highest BCUT2D eigenvalue weighted by atomic mass is 19.2. The molecule has 1 fully saturated rings. The molecule has 1 heterocycles. The van der Waals surface area contributed by atoms with Crippen LogP contribution in [0.2, 0.25) is 0 Å². The van der Waals surface area contributed by atoms with E-state index in [1.165, 1.54) is 0 Å². The van der Waals surface area contributed by atoms with Gasteiger partial charge in [-0.2, -0.15) is 0 Å². The molecule has 0 aromatic rings. The number of aliphatic hydroxyl groups is 4. The van der Waals surface area contributed by atoms with Crippen molar-refractivity contribution < 1.29 is 29.6 Å². The van der Waals surface area contributed by atoms with Crippen molar-refractivity contribution in [2.24, 2.45) is 0 Å². The van der Waals surface area contributed by atoms with Crippen LogP contribution >= 0.6 is 0 Å². The lowest BCUT2D eigenvalue weighted by molar-refractivity contribution is -0.232. The number of halogens is 1. The van der Waals surface area contributed by atoms with E-state index < -0.39 is 31.0 Å². The average molecular weight is 168 g/mol. The molecule has 4 atom stereocenters. The molecule has 0 aliphatic carbocycles. The maximum Gasteiger partial charge on any atom is 0.263 e. The van der Waals surface area contributed by atoms with E-state index in [4.69, 9.17) is 20.4 Å². The molecule has 0 aromatic heterocycles. The molecule has 66 valence electrons. The molecule has 0 saturated carbocycles. The van der Waals surface area contributed by atoms with Crippen LogP contribution in [-0.4, -0.2) is 51.4 Å². The van der Waals surface area contributed by atoms with Gasteiger partial charge in [0.25, 0.3) is 5.85 Å². The molecule has 5 nitrogen and oxygen atoms in total. The number of hydrogen-bond acceptors (Lipinski definition) is 5. The maximum atomic E-state index is 12.9. The van der Waals surface area contributed by atoms with E-state index in [0.29, 0.717) is 0 Å². The smallest absolute Gasteiger partial charge is 0.263 e. The van der Waals surface area contributed by atoms with Crippen molar-refractivity contribution in [1.82, 2.24) is 0 Å². The van der Waals surface area contributed by atoms with Crippen LogP contribution in [0.25, 0.3) is 0 Å². The molecule has 1 aliphatic heterocycles. The van der Waals surface area contributed by atoms with Crippen LogP contribution in [0.4, 0.5) is 4.39 Å². The predicted octanol–water partition coefficient (Wildman–Crippen LogP) is -2.29. The minimum Gasteiger partial charge on any atom is -0.390 e. The lowest BCUT2D eigenvalue weighted by atomic mass is 10.1. The van der Waals surface area contributed by atoms with Gasteiger partial charge in [-0.1, -0.05) is 0 Å². The summed E-state index contributed by atoms with van der Waals surface area (Å²) in [4.78, 5) is 0. The van der Waals surface area contributed by atoms with Crippen molar-refractivity contribution in [3.63, 3.8) is 0 Å². The SMILES string of the molecule is OC[C@@]1(F)O[C@H](O)[C@H](O)[C@@H]1O. The lowest BCUT2D eigenvalue weighted by Crippen LogP contribution is -2.42. The molecule has 0 unspecified atom stereocenters. The fraction of sp³-hybridized carbons (Fsp3) is 1.00. The van der Waals surface area contributed by atoms with Crippen LogP contribution in [0.3, 0.4) is 0 Å². The highest BCUT2D eigenvalue weighted by Gasteiger charge is 2.54. The third-order valence-corrected chi connectivity index (χ3v) is 1.59. The normalized spacial score (nSPS) is 51.5. The molecule has 6 heteroatoms. The third-order valence-electron chi connectivity index (χ3n) is 1.59. The summed E-state index contributed by atoms with van der Waals surface area (Å²) < 4.78 is 17.0. The zero-order valence-electron chi connectivity index (χ0n) is 5.51. The van der Waals surface area contributed by atoms with Crippen LogP contribution in [0, 0.1) is 0 Å². The summed E-state index contributed by atoms with van der Waals surface area (Å²) in [7, 11) is 0. The third kappa shape index (κ3) is 1.23. The van der Waals surface area contributed by atoms with Gasteiger partial charge in [0, 0.05) is 0 Å². The quantitative estimate of drug-likeness (QED) is 0.354. The second kappa shape index (κ2) is 2.65. The van der Waals surface area contributed by atoms with Crippen LogP contribution in [-0.2, 0) is 4.74 Å². The first kappa shape index (κ1) is 8.82. The lowest BCUT2D eigenvalue weighted by Gasteiger charge is -2.18. The van der Waals surface area contributed by atoms with Gasteiger partial charge in [-0.15, -0.1) is 0 Å². The van der Waals surface area contributed by atoms with Gasteiger partial charge >= 0.3 is 0 Å². The summed E-state index contributed by atoms with van der Waals surface area (Å²) in [5.41, 5.74) is 0. The molecular formula is C5H9FO5. The maximum absolute atomic E-state index is 12.9. The molecule has 11 heavy (non-hydrogen) atoms. The zero-order valence-corrected chi connectivity index (χ0v) is 5.51. The summed E-state index contributed by atoms with van der Waals surface area (Å²) >= 11 is 0. The Morgan fingerprint density at radius 3 is 2.09 bits per heavy atom. The number of rotatable bonds is 1. The van der Waals surface area contributed by atoms with E-state index in [0.717, 1.165) is 0 Å². The standard InChI is InChI=1S/C5H9FO5/c6-5(1-7)3(9)2(8)4(10)11-5/h2-4,7-10H,1H2/t2-,3+,4+,5-/m1/s1. The Hall–Kier alpha value is -0.270. The summed E-state index contributed by atoms with van der Waals surface area (Å²) in [6, 6.07) is 0. The zero-order chi connectivity index (χ0) is 8.65. The average Bonchev–Trinajstić information content (AvgIpc) is 2.17. The van der Waals surface area contributed by atoms with Crippen LogP contribution in [0.5, 0.6) is 0 Å². The summed E-state index contributed by atoms with van der Waals surface area (Å²) in [6.45, 7) is -1.11. The summed E-state index contributed by atoms with van der Waals surface area (Å²) in [5, 5.41) is 34.6. The van der Waals surface area contributed by atoms with Crippen molar-refractivity contribution in [1.29, 1.82) is 0 Å². The molecule has 0 bridgehead atoms. The summed E-state index contributed by atoms with van der Waals surface area (Å²) in [5.74, 6) is -2.75. The first-order valence-electron chi connectivity index (χ1n) is 3.03.